The molecular weight excluding hydrogens is 737 g/mol. The second-order valence-electron chi connectivity index (χ2n) is 16.0. The summed E-state index contributed by atoms with van der Waals surface area (Å²) in [5.74, 6) is 4.73. The molecule has 2 aromatic heterocycles. The molecule has 1 aliphatic carbocycles. The second kappa shape index (κ2) is 13.1. The Morgan fingerprint density at radius 2 is 0.950 bits per heavy atom. The summed E-state index contributed by atoms with van der Waals surface area (Å²) >= 11 is 0. The fourth-order valence-corrected chi connectivity index (χ4v) is 9.13. The van der Waals surface area contributed by atoms with E-state index < -0.39 is 0 Å². The van der Waals surface area contributed by atoms with Crippen LogP contribution in [0.4, 0.5) is 0 Å². The maximum atomic E-state index is 6.64. The molecule has 60 heavy (non-hydrogen) atoms. The van der Waals surface area contributed by atoms with E-state index >= 15 is 0 Å². The molecular formula is C54H36N4O2. The van der Waals surface area contributed by atoms with E-state index in [0.717, 1.165) is 50.6 Å². The van der Waals surface area contributed by atoms with Gasteiger partial charge in [-0.3, -0.25) is 0 Å². The topological polar surface area (TPSA) is 62.1 Å². The van der Waals surface area contributed by atoms with E-state index in [-0.39, 0.29) is 5.41 Å². The van der Waals surface area contributed by atoms with Crippen molar-refractivity contribution in [2.45, 2.75) is 19.3 Å². The van der Waals surface area contributed by atoms with Crippen molar-refractivity contribution in [3.8, 4) is 85.1 Å². The number of aromatic nitrogens is 4. The van der Waals surface area contributed by atoms with Gasteiger partial charge in [0.15, 0.2) is 40.5 Å². The molecule has 284 valence electrons. The molecule has 0 atom stereocenters. The quantitative estimate of drug-likeness (QED) is 0.174. The molecule has 10 aromatic rings. The van der Waals surface area contributed by atoms with Crippen LogP contribution in [0.2, 0.25) is 0 Å². The lowest BCUT2D eigenvalue weighted by Gasteiger charge is -2.25. The van der Waals surface area contributed by atoms with Crippen LogP contribution in [0.15, 0.2) is 182 Å². The molecule has 0 fully saturated rings. The van der Waals surface area contributed by atoms with Gasteiger partial charge in [-0.2, -0.15) is 0 Å². The molecule has 6 nitrogen and oxygen atoms in total. The largest absolute Gasteiger partial charge is 0.449 e. The lowest BCUT2D eigenvalue weighted by atomic mass is 9.82. The van der Waals surface area contributed by atoms with Crippen molar-refractivity contribution in [3.63, 3.8) is 0 Å². The van der Waals surface area contributed by atoms with Crippen molar-refractivity contribution < 1.29 is 9.47 Å². The average Bonchev–Trinajstić information content (AvgIpc) is 3.77. The van der Waals surface area contributed by atoms with E-state index in [2.05, 4.69) is 158 Å². The summed E-state index contributed by atoms with van der Waals surface area (Å²) in [5.41, 5.74) is 13.0. The summed E-state index contributed by atoms with van der Waals surface area (Å²) in [6.07, 6.45) is 0. The molecule has 12 rings (SSSR count). The van der Waals surface area contributed by atoms with Gasteiger partial charge in [0.25, 0.3) is 0 Å². The van der Waals surface area contributed by atoms with Crippen LogP contribution in [0.25, 0.3) is 83.9 Å². The third-order valence-electron chi connectivity index (χ3n) is 12.1. The summed E-state index contributed by atoms with van der Waals surface area (Å²) in [6, 6.07) is 63.0. The number of hydrogen-bond donors (Lipinski definition) is 0. The monoisotopic (exact) mass is 772 g/mol. The van der Waals surface area contributed by atoms with E-state index in [0.29, 0.717) is 29.0 Å². The predicted octanol–water partition coefficient (Wildman–Crippen LogP) is 13.8. The Labute approximate surface area is 347 Å². The van der Waals surface area contributed by atoms with Crippen molar-refractivity contribution in [2.75, 3.05) is 0 Å². The van der Waals surface area contributed by atoms with E-state index in [1.807, 2.05) is 42.5 Å². The lowest BCUT2D eigenvalue weighted by Crippen LogP contribution is -2.15. The Morgan fingerprint density at radius 1 is 0.417 bits per heavy atom. The van der Waals surface area contributed by atoms with Gasteiger partial charge in [-0.1, -0.05) is 141 Å². The zero-order valence-electron chi connectivity index (χ0n) is 32.9. The van der Waals surface area contributed by atoms with E-state index in [1.54, 1.807) is 0 Å². The summed E-state index contributed by atoms with van der Waals surface area (Å²) < 4.78 is 15.5. The van der Waals surface area contributed by atoms with Gasteiger partial charge in [0.05, 0.1) is 11.0 Å². The molecule has 0 amide bonds. The van der Waals surface area contributed by atoms with Crippen LogP contribution in [0, 0.1) is 0 Å². The highest BCUT2D eigenvalue weighted by Gasteiger charge is 2.39. The average molecular weight is 773 g/mol. The van der Waals surface area contributed by atoms with Gasteiger partial charge in [-0.15, -0.1) is 0 Å². The molecule has 1 aliphatic heterocycles. The fourth-order valence-electron chi connectivity index (χ4n) is 9.13. The molecule has 0 saturated carbocycles. The third kappa shape index (κ3) is 5.31. The summed E-state index contributed by atoms with van der Waals surface area (Å²) in [4.78, 5) is 15.0. The molecule has 2 aliphatic rings. The first-order valence-corrected chi connectivity index (χ1v) is 20.3. The van der Waals surface area contributed by atoms with Crippen LogP contribution in [-0.4, -0.2) is 19.5 Å². The second-order valence-corrected chi connectivity index (χ2v) is 16.0. The molecule has 0 saturated heterocycles. The Morgan fingerprint density at radius 3 is 1.63 bits per heavy atom. The standard InChI is InChI=1S/C54H36N4O2/c1-54(2)42-17-9-6-16-41(42)49-43(54)29-31-47-50(49)60-46-30-26-37(32-48(46)59-47)33-20-22-35(23-21-33)52-55-51(34-12-4-3-5-13-34)56-53(57-52)36-24-27-38(28-25-36)58-44-18-10-7-14-39(44)40-15-8-11-19-45(40)58/h3-32H,1-2H3. The van der Waals surface area contributed by atoms with Crippen molar-refractivity contribution in [2.24, 2.45) is 0 Å². The first kappa shape index (κ1) is 34.2. The highest BCUT2D eigenvalue weighted by molar-refractivity contribution is 6.09. The van der Waals surface area contributed by atoms with Crippen molar-refractivity contribution >= 4 is 21.8 Å². The number of para-hydroxylation sites is 2. The smallest absolute Gasteiger partial charge is 0.178 e. The van der Waals surface area contributed by atoms with Crippen LogP contribution in [0.5, 0.6) is 23.0 Å². The van der Waals surface area contributed by atoms with Crippen molar-refractivity contribution in [1.82, 2.24) is 19.5 Å². The minimum atomic E-state index is -0.118. The third-order valence-corrected chi connectivity index (χ3v) is 12.1. The van der Waals surface area contributed by atoms with Crippen LogP contribution < -0.4 is 9.47 Å². The van der Waals surface area contributed by atoms with E-state index in [1.165, 1.54) is 38.5 Å². The molecule has 0 radical (unpaired) electrons. The number of nitrogens with zero attached hydrogens (tertiary/aromatic N) is 4. The van der Waals surface area contributed by atoms with E-state index in [9.17, 15) is 0 Å². The molecule has 6 heteroatoms. The van der Waals surface area contributed by atoms with Crippen LogP contribution in [-0.2, 0) is 5.41 Å². The molecule has 0 N–H and O–H groups in total. The summed E-state index contributed by atoms with van der Waals surface area (Å²) in [7, 11) is 0. The Balaban J connectivity index is 0.869. The van der Waals surface area contributed by atoms with Gasteiger partial charge in [0.2, 0.25) is 0 Å². The summed E-state index contributed by atoms with van der Waals surface area (Å²) in [6.45, 7) is 4.54. The minimum Gasteiger partial charge on any atom is -0.449 e. The lowest BCUT2D eigenvalue weighted by molar-refractivity contribution is 0.360. The predicted molar refractivity (Wildman–Crippen MR) is 240 cm³/mol. The Hall–Kier alpha value is -7.83. The van der Waals surface area contributed by atoms with Gasteiger partial charge >= 0.3 is 0 Å². The maximum Gasteiger partial charge on any atom is 0.178 e. The number of benzene rings is 8. The zero-order valence-corrected chi connectivity index (χ0v) is 32.9. The Bertz CT molecular complexity index is 3280. The molecule has 0 bridgehead atoms. The fraction of sp³-hybridized carbons (Fsp3) is 0.0556. The van der Waals surface area contributed by atoms with Crippen LogP contribution in [0.1, 0.15) is 25.0 Å². The van der Waals surface area contributed by atoms with Gasteiger partial charge < -0.3 is 14.0 Å². The van der Waals surface area contributed by atoms with Crippen molar-refractivity contribution in [1.29, 1.82) is 0 Å². The molecule has 0 unspecified atom stereocenters. The molecule has 8 aromatic carbocycles. The highest BCUT2D eigenvalue weighted by Crippen LogP contribution is 2.58. The molecule has 3 heterocycles. The normalized spacial score (nSPS) is 13.2. The summed E-state index contributed by atoms with van der Waals surface area (Å²) in [5, 5.41) is 2.47. The number of rotatable bonds is 5. The van der Waals surface area contributed by atoms with Gasteiger partial charge in [0.1, 0.15) is 0 Å². The maximum absolute atomic E-state index is 6.64. The first-order valence-electron chi connectivity index (χ1n) is 20.3. The van der Waals surface area contributed by atoms with Gasteiger partial charge in [0, 0.05) is 44.1 Å². The first-order chi connectivity index (χ1) is 29.5. The van der Waals surface area contributed by atoms with Crippen LogP contribution in [0.3, 0.4) is 0 Å². The zero-order chi connectivity index (χ0) is 40.0. The number of hydrogen-bond acceptors (Lipinski definition) is 5. The number of ether oxygens (including phenoxy) is 2. The van der Waals surface area contributed by atoms with Crippen LogP contribution >= 0.6 is 0 Å². The Kier molecular flexibility index (Phi) is 7.47. The highest BCUT2D eigenvalue weighted by atomic mass is 16.6. The van der Waals surface area contributed by atoms with Crippen molar-refractivity contribution in [3.05, 3.63) is 193 Å². The minimum absolute atomic E-state index is 0.118. The van der Waals surface area contributed by atoms with E-state index in [4.69, 9.17) is 24.4 Å². The molecule has 0 spiro atoms. The SMILES string of the molecule is CC1(C)c2ccccc2-c2c1ccc1c2Oc2ccc(-c3ccc(-c4nc(-c5ccccc5)nc(-c5ccc(-n6c7ccccc7c7ccccc76)cc5)n4)cc3)cc2O1. The van der Waals surface area contributed by atoms with Gasteiger partial charge in [-0.25, -0.2) is 15.0 Å². The number of fused-ring (bicyclic) bond motifs is 9. The van der Waals surface area contributed by atoms with Gasteiger partial charge in [-0.05, 0) is 82.4 Å².